The first-order valence-corrected chi connectivity index (χ1v) is 7.44. The average molecular weight is 360 g/mol. The summed E-state index contributed by atoms with van der Waals surface area (Å²) in [5.74, 6) is -1.42. The topological polar surface area (TPSA) is 119 Å². The molecule has 0 aliphatic rings. The second kappa shape index (κ2) is 6.40. The highest BCUT2D eigenvalue weighted by atomic mass is 16.5. The normalized spacial score (nSPS) is 10.7. The fourth-order valence-electron chi connectivity index (χ4n) is 2.65. The Morgan fingerprint density at radius 1 is 0.923 bits per heavy atom. The van der Waals surface area contributed by atoms with Crippen molar-refractivity contribution in [2.45, 2.75) is 0 Å². The number of hydrogen-bond donors (Lipinski definition) is 3. The quantitative estimate of drug-likeness (QED) is 0.608. The maximum Gasteiger partial charge on any atom is 0.239 e. The van der Waals surface area contributed by atoms with Gasteiger partial charge in [0, 0.05) is 12.1 Å². The van der Waals surface area contributed by atoms with Gasteiger partial charge in [0.15, 0.2) is 17.3 Å². The minimum Gasteiger partial charge on any atom is -0.507 e. The molecule has 1 aromatic heterocycles. The summed E-state index contributed by atoms with van der Waals surface area (Å²) in [5.41, 5.74) is -0.600. The van der Waals surface area contributed by atoms with Crippen molar-refractivity contribution in [3.8, 4) is 45.8 Å². The number of aromatic hydroxyl groups is 3. The van der Waals surface area contributed by atoms with Crippen molar-refractivity contribution in [2.75, 3.05) is 21.3 Å². The summed E-state index contributed by atoms with van der Waals surface area (Å²) in [6.45, 7) is 0. The first kappa shape index (κ1) is 17.3. The highest BCUT2D eigenvalue weighted by molar-refractivity contribution is 5.89. The number of hydrogen-bond acceptors (Lipinski definition) is 8. The SMILES string of the molecule is COc1cc(O)c2c(=O)c(OC)c(-c3ccc(OC)c(O)c3O)oc2c1. The van der Waals surface area contributed by atoms with Gasteiger partial charge < -0.3 is 33.9 Å². The highest BCUT2D eigenvalue weighted by Gasteiger charge is 2.24. The summed E-state index contributed by atoms with van der Waals surface area (Å²) in [4.78, 5) is 12.7. The van der Waals surface area contributed by atoms with Crippen LogP contribution in [0.3, 0.4) is 0 Å². The summed E-state index contributed by atoms with van der Waals surface area (Å²) in [6, 6.07) is 5.49. The molecule has 0 unspecified atom stereocenters. The molecule has 0 aliphatic heterocycles. The van der Waals surface area contributed by atoms with E-state index in [2.05, 4.69) is 0 Å². The standard InChI is InChI=1S/C18H16O8/c1-23-8-6-10(19)13-12(7-8)26-17(18(25-3)16(13)22)9-4-5-11(24-2)15(21)14(9)20/h4-7,19-21H,1-3H3. The van der Waals surface area contributed by atoms with Crippen molar-refractivity contribution in [3.05, 3.63) is 34.5 Å². The Hall–Kier alpha value is -3.55. The van der Waals surface area contributed by atoms with Gasteiger partial charge in [0.1, 0.15) is 22.5 Å². The van der Waals surface area contributed by atoms with E-state index in [9.17, 15) is 20.1 Å². The maximum atomic E-state index is 12.7. The van der Waals surface area contributed by atoms with Crippen LogP contribution in [0.5, 0.6) is 34.5 Å². The molecular formula is C18H16O8. The zero-order chi connectivity index (χ0) is 19.0. The molecule has 26 heavy (non-hydrogen) atoms. The van der Waals surface area contributed by atoms with Gasteiger partial charge in [-0.3, -0.25) is 4.79 Å². The smallest absolute Gasteiger partial charge is 0.239 e. The summed E-state index contributed by atoms with van der Waals surface area (Å²) in [6.07, 6.45) is 0. The van der Waals surface area contributed by atoms with Gasteiger partial charge in [0.2, 0.25) is 16.9 Å². The lowest BCUT2D eigenvalue weighted by molar-refractivity contribution is 0.350. The third-order valence-corrected chi connectivity index (χ3v) is 3.92. The molecule has 1 heterocycles. The molecule has 8 nitrogen and oxygen atoms in total. The van der Waals surface area contributed by atoms with Crippen LogP contribution in [0.15, 0.2) is 33.5 Å². The molecule has 0 saturated heterocycles. The van der Waals surface area contributed by atoms with Gasteiger partial charge in [-0.15, -0.1) is 0 Å². The van der Waals surface area contributed by atoms with Crippen LogP contribution in [0.4, 0.5) is 0 Å². The monoisotopic (exact) mass is 360 g/mol. The zero-order valence-corrected chi connectivity index (χ0v) is 14.2. The lowest BCUT2D eigenvalue weighted by atomic mass is 10.1. The van der Waals surface area contributed by atoms with E-state index >= 15 is 0 Å². The van der Waals surface area contributed by atoms with Crippen LogP contribution in [0, 0.1) is 0 Å². The molecule has 0 radical (unpaired) electrons. The molecule has 3 aromatic rings. The number of phenolic OH excluding ortho intramolecular Hbond substituents is 3. The molecule has 0 atom stereocenters. The largest absolute Gasteiger partial charge is 0.507 e. The minimum atomic E-state index is -0.640. The summed E-state index contributed by atoms with van der Waals surface area (Å²) < 4.78 is 20.8. The molecule has 0 aliphatic carbocycles. The predicted octanol–water partition coefficient (Wildman–Crippen LogP) is 2.60. The van der Waals surface area contributed by atoms with Gasteiger partial charge in [-0.05, 0) is 12.1 Å². The number of benzene rings is 2. The van der Waals surface area contributed by atoms with E-state index in [0.29, 0.717) is 0 Å². The van der Waals surface area contributed by atoms with Crippen LogP contribution in [0.25, 0.3) is 22.3 Å². The Balaban J connectivity index is 2.40. The van der Waals surface area contributed by atoms with Gasteiger partial charge in [-0.2, -0.15) is 0 Å². The molecule has 0 saturated carbocycles. The summed E-state index contributed by atoms with van der Waals surface area (Å²) in [5, 5.41) is 30.3. The van der Waals surface area contributed by atoms with Crippen molar-refractivity contribution in [2.24, 2.45) is 0 Å². The number of rotatable bonds is 4. The van der Waals surface area contributed by atoms with Crippen LogP contribution >= 0.6 is 0 Å². The Kier molecular flexibility index (Phi) is 4.25. The van der Waals surface area contributed by atoms with Crippen molar-refractivity contribution in [1.82, 2.24) is 0 Å². The number of ether oxygens (including phenoxy) is 3. The summed E-state index contributed by atoms with van der Waals surface area (Å²) in [7, 11) is 3.99. The van der Waals surface area contributed by atoms with Crippen LogP contribution in [-0.4, -0.2) is 36.6 Å². The Morgan fingerprint density at radius 3 is 2.27 bits per heavy atom. The van der Waals surface area contributed by atoms with Crippen molar-refractivity contribution in [3.63, 3.8) is 0 Å². The van der Waals surface area contributed by atoms with Gasteiger partial charge in [0.05, 0.1) is 26.9 Å². The molecule has 8 heteroatoms. The van der Waals surface area contributed by atoms with E-state index < -0.39 is 16.9 Å². The molecule has 136 valence electrons. The third-order valence-electron chi connectivity index (χ3n) is 3.92. The first-order valence-electron chi connectivity index (χ1n) is 7.44. The van der Waals surface area contributed by atoms with Crippen molar-refractivity contribution in [1.29, 1.82) is 0 Å². The molecular weight excluding hydrogens is 344 g/mol. The van der Waals surface area contributed by atoms with E-state index in [4.69, 9.17) is 18.6 Å². The molecule has 3 N–H and O–H groups in total. The Labute approximate surface area is 147 Å². The molecule has 2 aromatic carbocycles. The molecule has 0 fully saturated rings. The van der Waals surface area contributed by atoms with Crippen LogP contribution in [0.1, 0.15) is 0 Å². The van der Waals surface area contributed by atoms with Crippen molar-refractivity contribution < 1.29 is 33.9 Å². The predicted molar refractivity (Wildman–Crippen MR) is 92.6 cm³/mol. The van der Waals surface area contributed by atoms with E-state index in [0.717, 1.165) is 0 Å². The second-order valence-electron chi connectivity index (χ2n) is 5.33. The first-order chi connectivity index (χ1) is 12.4. The third kappa shape index (κ3) is 2.52. The number of fused-ring (bicyclic) bond motifs is 1. The van der Waals surface area contributed by atoms with Gasteiger partial charge in [0.25, 0.3) is 0 Å². The van der Waals surface area contributed by atoms with E-state index in [1.165, 1.54) is 45.6 Å². The number of methoxy groups -OCH3 is 3. The summed E-state index contributed by atoms with van der Waals surface area (Å²) >= 11 is 0. The average Bonchev–Trinajstić information content (AvgIpc) is 2.63. The van der Waals surface area contributed by atoms with E-state index in [1.807, 2.05) is 0 Å². The molecule has 0 spiro atoms. The zero-order valence-electron chi connectivity index (χ0n) is 14.2. The van der Waals surface area contributed by atoms with E-state index in [-0.39, 0.29) is 45.3 Å². The lowest BCUT2D eigenvalue weighted by Crippen LogP contribution is -2.08. The molecule has 0 bridgehead atoms. The fourth-order valence-corrected chi connectivity index (χ4v) is 2.65. The van der Waals surface area contributed by atoms with Crippen molar-refractivity contribution >= 4 is 11.0 Å². The fraction of sp³-hybridized carbons (Fsp3) is 0.167. The van der Waals surface area contributed by atoms with Crippen LogP contribution in [-0.2, 0) is 0 Å². The minimum absolute atomic E-state index is 0.0152. The highest BCUT2D eigenvalue weighted by Crippen LogP contribution is 2.45. The Morgan fingerprint density at radius 2 is 1.65 bits per heavy atom. The molecule has 3 rings (SSSR count). The van der Waals surface area contributed by atoms with Gasteiger partial charge in [-0.25, -0.2) is 0 Å². The van der Waals surface area contributed by atoms with Crippen LogP contribution in [0.2, 0.25) is 0 Å². The van der Waals surface area contributed by atoms with E-state index in [1.54, 1.807) is 0 Å². The van der Waals surface area contributed by atoms with Crippen LogP contribution < -0.4 is 19.6 Å². The van der Waals surface area contributed by atoms with Gasteiger partial charge in [-0.1, -0.05) is 0 Å². The lowest BCUT2D eigenvalue weighted by Gasteiger charge is -2.13. The maximum absolute atomic E-state index is 12.7. The molecule has 0 amide bonds. The van der Waals surface area contributed by atoms with Gasteiger partial charge >= 0.3 is 0 Å². The Bertz CT molecular complexity index is 1050. The second-order valence-corrected chi connectivity index (χ2v) is 5.33. The number of phenols is 3.